The van der Waals surface area contributed by atoms with Crippen LogP contribution in [0, 0.1) is 0 Å². The first-order valence-corrected chi connectivity index (χ1v) is 8.64. The SMILES string of the molecule is CC(C)NCc1ccc(Sc2ccc3c(c2)CCC3)cc1. The van der Waals surface area contributed by atoms with Gasteiger partial charge < -0.3 is 5.32 Å². The quantitative estimate of drug-likeness (QED) is 0.848. The molecule has 1 N–H and O–H groups in total. The molecule has 0 spiro atoms. The summed E-state index contributed by atoms with van der Waals surface area (Å²) in [4.78, 5) is 2.69. The highest BCUT2D eigenvalue weighted by Crippen LogP contribution is 2.32. The molecule has 0 radical (unpaired) electrons. The van der Waals surface area contributed by atoms with Gasteiger partial charge in [0.15, 0.2) is 0 Å². The second-order valence-corrected chi connectivity index (χ2v) is 7.21. The largest absolute Gasteiger partial charge is 0.310 e. The van der Waals surface area contributed by atoms with Crippen molar-refractivity contribution in [1.82, 2.24) is 5.32 Å². The maximum Gasteiger partial charge on any atom is 0.0207 e. The van der Waals surface area contributed by atoms with Crippen molar-refractivity contribution in [3.8, 4) is 0 Å². The fraction of sp³-hybridized carbons (Fsp3) is 0.368. The van der Waals surface area contributed by atoms with Crippen LogP contribution in [0.4, 0.5) is 0 Å². The first-order valence-electron chi connectivity index (χ1n) is 7.83. The lowest BCUT2D eigenvalue weighted by molar-refractivity contribution is 0.588. The Hall–Kier alpha value is -1.25. The number of benzene rings is 2. The summed E-state index contributed by atoms with van der Waals surface area (Å²) >= 11 is 1.87. The van der Waals surface area contributed by atoms with Gasteiger partial charge in [0, 0.05) is 22.4 Å². The van der Waals surface area contributed by atoms with Crippen molar-refractivity contribution in [1.29, 1.82) is 0 Å². The van der Waals surface area contributed by atoms with Crippen LogP contribution >= 0.6 is 11.8 Å². The predicted octanol–water partition coefficient (Wildman–Crippen LogP) is 4.82. The number of fused-ring (bicyclic) bond motifs is 1. The minimum atomic E-state index is 0.533. The highest BCUT2D eigenvalue weighted by Gasteiger charge is 2.11. The van der Waals surface area contributed by atoms with Gasteiger partial charge >= 0.3 is 0 Å². The van der Waals surface area contributed by atoms with Crippen molar-refractivity contribution in [2.24, 2.45) is 0 Å². The number of aryl methyl sites for hydroxylation is 2. The lowest BCUT2D eigenvalue weighted by Gasteiger charge is -2.09. The molecule has 0 bridgehead atoms. The average molecular weight is 297 g/mol. The molecular weight excluding hydrogens is 274 g/mol. The van der Waals surface area contributed by atoms with E-state index in [2.05, 4.69) is 61.6 Å². The van der Waals surface area contributed by atoms with Gasteiger partial charge in [-0.05, 0) is 60.2 Å². The molecule has 0 unspecified atom stereocenters. The normalized spacial score (nSPS) is 13.7. The van der Waals surface area contributed by atoms with E-state index in [4.69, 9.17) is 0 Å². The second-order valence-electron chi connectivity index (χ2n) is 6.07. The summed E-state index contributed by atoms with van der Waals surface area (Å²) in [6.07, 6.45) is 3.84. The highest BCUT2D eigenvalue weighted by molar-refractivity contribution is 7.99. The van der Waals surface area contributed by atoms with Crippen LogP contribution in [0.5, 0.6) is 0 Å². The van der Waals surface area contributed by atoms with Gasteiger partial charge in [0.05, 0.1) is 0 Å². The molecule has 0 atom stereocenters. The zero-order valence-electron chi connectivity index (χ0n) is 12.9. The summed E-state index contributed by atoms with van der Waals surface area (Å²) in [5.41, 5.74) is 4.45. The molecule has 2 aromatic rings. The third kappa shape index (κ3) is 3.90. The molecule has 1 nitrogen and oxygen atoms in total. The van der Waals surface area contributed by atoms with Gasteiger partial charge in [-0.3, -0.25) is 0 Å². The molecule has 0 fully saturated rings. The van der Waals surface area contributed by atoms with E-state index in [0.717, 1.165) is 6.54 Å². The summed E-state index contributed by atoms with van der Waals surface area (Å²) < 4.78 is 0. The zero-order chi connectivity index (χ0) is 14.7. The lowest BCUT2D eigenvalue weighted by Crippen LogP contribution is -2.21. The molecule has 2 heteroatoms. The molecule has 0 aromatic heterocycles. The Morgan fingerprint density at radius 2 is 1.67 bits per heavy atom. The molecule has 2 aromatic carbocycles. The van der Waals surface area contributed by atoms with Gasteiger partial charge in [0.1, 0.15) is 0 Å². The van der Waals surface area contributed by atoms with Gasteiger partial charge in [-0.2, -0.15) is 0 Å². The lowest BCUT2D eigenvalue weighted by atomic mass is 10.1. The van der Waals surface area contributed by atoms with Crippen LogP contribution < -0.4 is 5.32 Å². The smallest absolute Gasteiger partial charge is 0.0207 e. The van der Waals surface area contributed by atoms with E-state index in [-0.39, 0.29) is 0 Å². The van der Waals surface area contributed by atoms with Crippen LogP contribution in [0.3, 0.4) is 0 Å². The third-order valence-electron chi connectivity index (χ3n) is 3.94. The fourth-order valence-electron chi connectivity index (χ4n) is 2.75. The van der Waals surface area contributed by atoms with Crippen LogP contribution in [0.15, 0.2) is 52.3 Å². The summed E-state index contributed by atoms with van der Waals surface area (Å²) in [5, 5.41) is 3.45. The Kier molecular flexibility index (Phi) is 4.67. The maximum atomic E-state index is 3.45. The summed E-state index contributed by atoms with van der Waals surface area (Å²) in [7, 11) is 0. The monoisotopic (exact) mass is 297 g/mol. The van der Waals surface area contributed by atoms with Crippen molar-refractivity contribution in [3.05, 3.63) is 59.2 Å². The third-order valence-corrected chi connectivity index (χ3v) is 4.94. The van der Waals surface area contributed by atoms with Gasteiger partial charge in [-0.1, -0.05) is 43.8 Å². The summed E-state index contributed by atoms with van der Waals surface area (Å²) in [6, 6.07) is 16.4. The van der Waals surface area contributed by atoms with E-state index in [1.165, 1.54) is 34.6 Å². The van der Waals surface area contributed by atoms with Crippen LogP contribution in [-0.4, -0.2) is 6.04 Å². The van der Waals surface area contributed by atoms with E-state index < -0.39 is 0 Å². The summed E-state index contributed by atoms with van der Waals surface area (Å²) in [5.74, 6) is 0. The van der Waals surface area contributed by atoms with Crippen LogP contribution in [0.1, 0.15) is 37.0 Å². The van der Waals surface area contributed by atoms with E-state index >= 15 is 0 Å². The first kappa shape index (κ1) is 14.7. The Morgan fingerprint density at radius 1 is 0.952 bits per heavy atom. The van der Waals surface area contributed by atoms with Crippen molar-refractivity contribution in [2.45, 2.75) is 55.5 Å². The van der Waals surface area contributed by atoms with Crippen molar-refractivity contribution in [2.75, 3.05) is 0 Å². The van der Waals surface area contributed by atoms with Crippen molar-refractivity contribution < 1.29 is 0 Å². The average Bonchev–Trinajstić information content (AvgIpc) is 2.94. The van der Waals surface area contributed by atoms with Gasteiger partial charge in [-0.15, -0.1) is 0 Å². The molecule has 0 amide bonds. The Morgan fingerprint density at radius 3 is 2.43 bits per heavy atom. The van der Waals surface area contributed by atoms with Gasteiger partial charge in [0.2, 0.25) is 0 Å². The topological polar surface area (TPSA) is 12.0 Å². The van der Waals surface area contributed by atoms with Crippen molar-refractivity contribution >= 4 is 11.8 Å². The van der Waals surface area contributed by atoms with Gasteiger partial charge in [0.25, 0.3) is 0 Å². The van der Waals surface area contributed by atoms with Crippen LogP contribution in [0.25, 0.3) is 0 Å². The highest BCUT2D eigenvalue weighted by atomic mass is 32.2. The molecule has 3 rings (SSSR count). The minimum Gasteiger partial charge on any atom is -0.310 e. The fourth-order valence-corrected chi connectivity index (χ4v) is 3.63. The van der Waals surface area contributed by atoms with E-state index in [1.54, 1.807) is 11.1 Å². The van der Waals surface area contributed by atoms with Crippen LogP contribution in [-0.2, 0) is 19.4 Å². The second kappa shape index (κ2) is 6.67. The molecular formula is C19H23NS. The molecule has 110 valence electrons. The Labute approximate surface area is 132 Å². The molecule has 1 aliphatic rings. The number of hydrogen-bond acceptors (Lipinski definition) is 2. The Balaban J connectivity index is 1.65. The Bertz CT molecular complexity index is 601. The molecule has 0 saturated heterocycles. The predicted molar refractivity (Wildman–Crippen MR) is 91.0 cm³/mol. The molecule has 0 saturated carbocycles. The molecule has 0 aliphatic heterocycles. The molecule has 21 heavy (non-hydrogen) atoms. The number of rotatable bonds is 5. The molecule has 0 heterocycles. The standard InChI is InChI=1S/C19H23NS/c1-14(2)20-13-15-6-9-18(10-7-15)21-19-11-8-16-4-3-5-17(16)12-19/h6-12,14,20H,3-5,13H2,1-2H3. The van der Waals surface area contributed by atoms with E-state index in [0.29, 0.717) is 6.04 Å². The molecule has 1 aliphatic carbocycles. The van der Waals surface area contributed by atoms with Crippen molar-refractivity contribution in [3.63, 3.8) is 0 Å². The van der Waals surface area contributed by atoms with E-state index in [1.807, 2.05) is 11.8 Å². The first-order chi connectivity index (χ1) is 10.2. The zero-order valence-corrected chi connectivity index (χ0v) is 13.7. The minimum absolute atomic E-state index is 0.533. The van der Waals surface area contributed by atoms with Crippen LogP contribution in [0.2, 0.25) is 0 Å². The number of hydrogen-bond donors (Lipinski definition) is 1. The maximum absolute atomic E-state index is 3.45. The van der Waals surface area contributed by atoms with Gasteiger partial charge in [-0.25, -0.2) is 0 Å². The number of nitrogens with one attached hydrogen (secondary N) is 1. The summed E-state index contributed by atoms with van der Waals surface area (Å²) in [6.45, 7) is 5.30. The van der Waals surface area contributed by atoms with E-state index in [9.17, 15) is 0 Å².